The number of guanidine groups is 1. The molecule has 0 saturated heterocycles. The summed E-state index contributed by atoms with van der Waals surface area (Å²) in [5.74, 6) is -0.0787. The first-order valence-corrected chi connectivity index (χ1v) is 6.15. The summed E-state index contributed by atoms with van der Waals surface area (Å²) in [5, 5.41) is 12.0. The van der Waals surface area contributed by atoms with Gasteiger partial charge in [-0.3, -0.25) is 15.2 Å². The molecule has 0 spiro atoms. The molecule has 1 aromatic carbocycles. The number of rotatable bonds is 2. The number of benzene rings is 1. The van der Waals surface area contributed by atoms with E-state index in [0.717, 1.165) is 0 Å². The van der Waals surface area contributed by atoms with E-state index in [2.05, 4.69) is 10.3 Å². The van der Waals surface area contributed by atoms with Gasteiger partial charge in [0.25, 0.3) is 0 Å². The van der Waals surface area contributed by atoms with Gasteiger partial charge in [0.2, 0.25) is 0 Å². The van der Waals surface area contributed by atoms with E-state index in [9.17, 15) is 9.90 Å². The van der Waals surface area contributed by atoms with Crippen molar-refractivity contribution in [3.05, 3.63) is 22.2 Å². The number of carbonyl (C=O) groups is 1. The number of aliphatic imine (C=N–C) groups is 1. The van der Waals surface area contributed by atoms with E-state index < -0.39 is 6.03 Å². The zero-order valence-electron chi connectivity index (χ0n) is 10.4. The topological polar surface area (TPSA) is 90.9 Å². The molecule has 0 radical (unpaired) electrons. The maximum atomic E-state index is 11.9. The summed E-state index contributed by atoms with van der Waals surface area (Å²) < 4.78 is 0. The van der Waals surface area contributed by atoms with Crippen molar-refractivity contribution in [1.82, 2.24) is 5.32 Å². The molecule has 0 fully saturated rings. The van der Waals surface area contributed by atoms with E-state index in [4.69, 9.17) is 28.9 Å². The van der Waals surface area contributed by atoms with Crippen LogP contribution in [0.1, 0.15) is 6.92 Å². The van der Waals surface area contributed by atoms with Crippen LogP contribution in [0.2, 0.25) is 10.0 Å². The van der Waals surface area contributed by atoms with Gasteiger partial charge in [0.1, 0.15) is 5.75 Å². The molecular formula is C11H14Cl2N4O2. The maximum absolute atomic E-state index is 11.9. The van der Waals surface area contributed by atoms with E-state index in [0.29, 0.717) is 6.54 Å². The van der Waals surface area contributed by atoms with Crippen LogP contribution in [0.4, 0.5) is 10.5 Å². The SMILES string of the molecule is CCN=C(N)NC(=O)N(C)c1c(Cl)cc(O)cc1Cl. The third kappa shape index (κ3) is 3.90. The zero-order valence-corrected chi connectivity index (χ0v) is 12.0. The van der Waals surface area contributed by atoms with Crippen molar-refractivity contribution in [1.29, 1.82) is 0 Å². The number of hydrogen-bond acceptors (Lipinski definition) is 3. The van der Waals surface area contributed by atoms with Crippen molar-refractivity contribution in [3.63, 3.8) is 0 Å². The molecule has 0 aliphatic heterocycles. The Hall–Kier alpha value is -1.66. The van der Waals surface area contributed by atoms with Crippen LogP contribution in [0, 0.1) is 0 Å². The number of halogens is 2. The number of phenolic OH excluding ortho intramolecular Hbond substituents is 1. The first-order chi connectivity index (χ1) is 8.86. The third-order valence-corrected chi connectivity index (χ3v) is 2.78. The number of carbonyl (C=O) groups excluding carboxylic acids is 1. The summed E-state index contributed by atoms with van der Waals surface area (Å²) in [6.07, 6.45) is 0. The van der Waals surface area contributed by atoms with Gasteiger partial charge < -0.3 is 10.8 Å². The number of urea groups is 1. The summed E-state index contributed by atoms with van der Waals surface area (Å²) in [6.45, 7) is 2.24. The minimum atomic E-state index is -0.538. The van der Waals surface area contributed by atoms with E-state index in [-0.39, 0.29) is 27.4 Å². The van der Waals surface area contributed by atoms with E-state index >= 15 is 0 Å². The number of anilines is 1. The van der Waals surface area contributed by atoms with Crippen molar-refractivity contribution < 1.29 is 9.90 Å². The molecular weight excluding hydrogens is 291 g/mol. The molecule has 104 valence electrons. The number of nitrogens with one attached hydrogen (secondary N) is 1. The Labute approximate surface area is 120 Å². The second kappa shape index (κ2) is 6.49. The van der Waals surface area contributed by atoms with Gasteiger partial charge >= 0.3 is 6.03 Å². The molecule has 0 aromatic heterocycles. The van der Waals surface area contributed by atoms with Crippen LogP contribution in [-0.2, 0) is 0 Å². The number of nitrogens with two attached hydrogens (primary N) is 1. The quantitative estimate of drug-likeness (QED) is 0.577. The Morgan fingerprint density at radius 2 is 2.00 bits per heavy atom. The van der Waals surface area contributed by atoms with Crippen molar-refractivity contribution in [2.24, 2.45) is 10.7 Å². The van der Waals surface area contributed by atoms with Gasteiger partial charge in [0.15, 0.2) is 5.96 Å². The van der Waals surface area contributed by atoms with Crippen LogP contribution in [0.5, 0.6) is 5.75 Å². The highest BCUT2D eigenvalue weighted by atomic mass is 35.5. The molecule has 1 rings (SSSR count). The Kier molecular flexibility index (Phi) is 5.26. The smallest absolute Gasteiger partial charge is 0.328 e. The van der Waals surface area contributed by atoms with Gasteiger partial charge in [-0.1, -0.05) is 23.2 Å². The molecule has 6 nitrogen and oxygen atoms in total. The Balaban J connectivity index is 2.98. The van der Waals surface area contributed by atoms with Gasteiger partial charge in [-0.2, -0.15) is 0 Å². The van der Waals surface area contributed by atoms with E-state index in [1.54, 1.807) is 6.92 Å². The van der Waals surface area contributed by atoms with Gasteiger partial charge in [-0.25, -0.2) is 4.79 Å². The number of nitrogens with zero attached hydrogens (tertiary/aromatic N) is 2. The second-order valence-corrected chi connectivity index (χ2v) is 4.42. The van der Waals surface area contributed by atoms with Crippen LogP contribution < -0.4 is 16.0 Å². The molecule has 0 unspecified atom stereocenters. The van der Waals surface area contributed by atoms with Crippen LogP contribution in [0.3, 0.4) is 0 Å². The number of phenols is 1. The summed E-state index contributed by atoms with van der Waals surface area (Å²) in [4.78, 5) is 16.9. The van der Waals surface area contributed by atoms with Gasteiger partial charge in [-0.15, -0.1) is 0 Å². The monoisotopic (exact) mass is 304 g/mol. The molecule has 0 saturated carbocycles. The first kappa shape index (κ1) is 15.4. The molecule has 4 N–H and O–H groups in total. The molecule has 0 aliphatic carbocycles. The van der Waals surface area contributed by atoms with Crippen molar-refractivity contribution in [2.45, 2.75) is 6.92 Å². The average molecular weight is 305 g/mol. The largest absolute Gasteiger partial charge is 0.508 e. The third-order valence-electron chi connectivity index (χ3n) is 2.21. The fourth-order valence-electron chi connectivity index (χ4n) is 1.38. The lowest BCUT2D eigenvalue weighted by Crippen LogP contribution is -2.44. The second-order valence-electron chi connectivity index (χ2n) is 3.61. The Morgan fingerprint density at radius 3 is 2.47 bits per heavy atom. The lowest BCUT2D eigenvalue weighted by molar-refractivity contribution is 0.251. The van der Waals surface area contributed by atoms with Crippen LogP contribution in [0.25, 0.3) is 0 Å². The maximum Gasteiger partial charge on any atom is 0.328 e. The molecule has 8 heteroatoms. The van der Waals surface area contributed by atoms with E-state index in [1.165, 1.54) is 24.1 Å². The van der Waals surface area contributed by atoms with Crippen LogP contribution >= 0.6 is 23.2 Å². The standard InChI is InChI=1S/C11H14Cl2N4O2/c1-3-15-10(14)16-11(19)17(2)9-7(12)4-6(18)5-8(9)13/h4-5,18H,3H2,1-2H3,(H3,14,15,16,19). The summed E-state index contributed by atoms with van der Waals surface area (Å²) >= 11 is 11.9. The van der Waals surface area contributed by atoms with Gasteiger partial charge in [-0.05, 0) is 6.92 Å². The lowest BCUT2D eigenvalue weighted by Gasteiger charge is -2.20. The summed E-state index contributed by atoms with van der Waals surface area (Å²) in [5.41, 5.74) is 5.75. The van der Waals surface area contributed by atoms with E-state index in [1.807, 2.05) is 0 Å². The summed E-state index contributed by atoms with van der Waals surface area (Å²) in [6, 6.07) is 2.04. The van der Waals surface area contributed by atoms with Crippen molar-refractivity contribution >= 4 is 40.9 Å². The highest BCUT2D eigenvalue weighted by molar-refractivity contribution is 6.40. The highest BCUT2D eigenvalue weighted by Crippen LogP contribution is 2.36. The predicted octanol–water partition coefficient (Wildman–Crippen LogP) is 2.18. The first-order valence-electron chi connectivity index (χ1n) is 5.39. The minimum absolute atomic E-state index is 0.00498. The number of amides is 2. The van der Waals surface area contributed by atoms with Crippen molar-refractivity contribution in [2.75, 3.05) is 18.5 Å². The normalized spacial score (nSPS) is 11.3. The lowest BCUT2D eigenvalue weighted by atomic mass is 10.3. The molecule has 0 atom stereocenters. The molecule has 1 aromatic rings. The molecule has 2 amide bonds. The predicted molar refractivity (Wildman–Crippen MR) is 77.2 cm³/mol. The Morgan fingerprint density at radius 1 is 1.47 bits per heavy atom. The fourth-order valence-corrected chi connectivity index (χ4v) is 2.11. The van der Waals surface area contributed by atoms with Crippen LogP contribution in [-0.4, -0.2) is 30.7 Å². The minimum Gasteiger partial charge on any atom is -0.508 e. The Bertz CT molecular complexity index is 496. The van der Waals surface area contributed by atoms with Gasteiger partial charge in [0.05, 0.1) is 15.7 Å². The summed E-state index contributed by atoms with van der Waals surface area (Å²) in [7, 11) is 1.47. The zero-order chi connectivity index (χ0) is 14.6. The molecule has 19 heavy (non-hydrogen) atoms. The average Bonchev–Trinajstić information content (AvgIpc) is 2.27. The fraction of sp³-hybridized carbons (Fsp3) is 0.273. The number of hydrogen-bond donors (Lipinski definition) is 3. The molecule has 0 bridgehead atoms. The molecule has 0 aliphatic rings. The highest BCUT2D eigenvalue weighted by Gasteiger charge is 2.18. The molecule has 0 heterocycles. The van der Waals surface area contributed by atoms with Gasteiger partial charge in [0, 0.05) is 25.7 Å². The van der Waals surface area contributed by atoms with Crippen molar-refractivity contribution in [3.8, 4) is 5.75 Å². The number of aromatic hydroxyl groups is 1. The van der Waals surface area contributed by atoms with Crippen LogP contribution in [0.15, 0.2) is 17.1 Å².